The molecule has 1 amide bonds. The second kappa shape index (κ2) is 8.77. The Morgan fingerprint density at radius 2 is 2.09 bits per heavy atom. The molecular weight excluding hydrogens is 407 g/mol. The number of hydrogen-bond donors (Lipinski definition) is 2. The highest BCUT2D eigenvalue weighted by molar-refractivity contribution is 5.92. The zero-order valence-corrected chi connectivity index (χ0v) is 19.0. The molecular formula is C26H35FN2O3. The normalized spacial score (nSPS) is 35.8. The second-order valence-electron chi connectivity index (χ2n) is 10.6. The van der Waals surface area contributed by atoms with Crippen molar-refractivity contribution in [2.24, 2.45) is 28.3 Å². The maximum Gasteiger partial charge on any atom is 0.220 e. The van der Waals surface area contributed by atoms with E-state index in [1.54, 1.807) is 6.07 Å². The molecule has 1 aromatic carbocycles. The SMILES string of the molecule is C[C@]12CCC3c4cccc(F)c4CCC3C1[C@H](CCC(=O)NC1CCOCC1)C/C2=N\O. The molecule has 3 aliphatic carbocycles. The van der Waals surface area contributed by atoms with Gasteiger partial charge in [-0.3, -0.25) is 4.79 Å². The van der Waals surface area contributed by atoms with Crippen molar-refractivity contribution in [3.05, 3.63) is 35.1 Å². The van der Waals surface area contributed by atoms with Gasteiger partial charge in [-0.2, -0.15) is 0 Å². The zero-order valence-electron chi connectivity index (χ0n) is 19.0. The molecule has 32 heavy (non-hydrogen) atoms. The lowest BCUT2D eigenvalue weighted by Gasteiger charge is -2.50. The predicted molar refractivity (Wildman–Crippen MR) is 120 cm³/mol. The van der Waals surface area contributed by atoms with Gasteiger partial charge in [-0.25, -0.2) is 4.39 Å². The predicted octanol–water partition coefficient (Wildman–Crippen LogP) is 4.81. The van der Waals surface area contributed by atoms with E-state index in [1.807, 2.05) is 6.07 Å². The molecule has 0 radical (unpaired) electrons. The van der Waals surface area contributed by atoms with Crippen LogP contribution in [-0.4, -0.2) is 36.1 Å². The molecule has 1 saturated heterocycles. The molecule has 5 rings (SSSR count). The third-order valence-corrected chi connectivity index (χ3v) is 9.04. The molecule has 0 spiro atoms. The molecule has 1 aromatic rings. The van der Waals surface area contributed by atoms with Gasteiger partial charge in [0.1, 0.15) is 5.82 Å². The summed E-state index contributed by atoms with van der Waals surface area (Å²) in [6.07, 6.45) is 7.57. The summed E-state index contributed by atoms with van der Waals surface area (Å²) in [6.45, 7) is 3.69. The summed E-state index contributed by atoms with van der Waals surface area (Å²) in [5.74, 6) is 1.57. The summed E-state index contributed by atoms with van der Waals surface area (Å²) >= 11 is 0. The van der Waals surface area contributed by atoms with Gasteiger partial charge >= 0.3 is 0 Å². The first kappa shape index (κ1) is 21.9. The van der Waals surface area contributed by atoms with Gasteiger partial charge in [-0.15, -0.1) is 0 Å². The largest absolute Gasteiger partial charge is 0.411 e. The van der Waals surface area contributed by atoms with Gasteiger partial charge in [0.2, 0.25) is 5.91 Å². The van der Waals surface area contributed by atoms with Crippen molar-refractivity contribution >= 4 is 11.6 Å². The fourth-order valence-corrected chi connectivity index (χ4v) is 7.53. The van der Waals surface area contributed by atoms with Gasteiger partial charge in [0.05, 0.1) is 5.71 Å². The van der Waals surface area contributed by atoms with E-state index in [-0.39, 0.29) is 23.2 Å². The van der Waals surface area contributed by atoms with Gasteiger partial charge in [-0.05, 0) is 92.2 Å². The molecule has 0 aromatic heterocycles. The number of ether oxygens (including phenoxy) is 1. The lowest BCUT2D eigenvalue weighted by Crippen LogP contribution is -2.44. The van der Waals surface area contributed by atoms with E-state index in [1.165, 1.54) is 5.56 Å². The summed E-state index contributed by atoms with van der Waals surface area (Å²) < 4.78 is 19.9. The highest BCUT2D eigenvalue weighted by Gasteiger charge is 2.57. The molecule has 174 valence electrons. The van der Waals surface area contributed by atoms with E-state index in [0.29, 0.717) is 30.1 Å². The van der Waals surface area contributed by atoms with Crippen LogP contribution in [0.5, 0.6) is 0 Å². The first-order valence-electron chi connectivity index (χ1n) is 12.4. The summed E-state index contributed by atoms with van der Waals surface area (Å²) in [4.78, 5) is 12.7. The van der Waals surface area contributed by atoms with Crippen molar-refractivity contribution in [2.45, 2.75) is 76.7 Å². The monoisotopic (exact) mass is 442 g/mol. The lowest BCUT2D eigenvalue weighted by atomic mass is 9.54. The number of hydrogen-bond acceptors (Lipinski definition) is 4. The molecule has 5 atom stereocenters. The van der Waals surface area contributed by atoms with Gasteiger partial charge in [0, 0.05) is 31.1 Å². The van der Waals surface area contributed by atoms with Crippen LogP contribution in [0.3, 0.4) is 0 Å². The van der Waals surface area contributed by atoms with Crippen molar-refractivity contribution in [3.8, 4) is 0 Å². The minimum absolute atomic E-state index is 0.0698. The molecule has 5 nitrogen and oxygen atoms in total. The van der Waals surface area contributed by atoms with Crippen molar-refractivity contribution in [3.63, 3.8) is 0 Å². The third kappa shape index (κ3) is 3.74. The number of carbonyl (C=O) groups is 1. The highest BCUT2D eigenvalue weighted by atomic mass is 19.1. The Bertz CT molecular complexity index is 897. The van der Waals surface area contributed by atoms with E-state index in [9.17, 15) is 14.4 Å². The number of carbonyl (C=O) groups excluding carboxylic acids is 1. The van der Waals surface area contributed by atoms with E-state index in [2.05, 4.69) is 23.5 Å². The Morgan fingerprint density at radius 1 is 1.28 bits per heavy atom. The fourth-order valence-electron chi connectivity index (χ4n) is 7.53. The summed E-state index contributed by atoms with van der Waals surface area (Å²) in [5, 5.41) is 16.8. The van der Waals surface area contributed by atoms with E-state index in [0.717, 1.165) is 75.9 Å². The van der Waals surface area contributed by atoms with Crippen LogP contribution >= 0.6 is 0 Å². The molecule has 3 fully saturated rings. The number of fused-ring (bicyclic) bond motifs is 5. The number of nitrogens with zero attached hydrogens (tertiary/aromatic N) is 1. The van der Waals surface area contributed by atoms with Crippen LogP contribution in [0, 0.1) is 29.0 Å². The van der Waals surface area contributed by atoms with Crippen LogP contribution in [0.15, 0.2) is 23.4 Å². The van der Waals surface area contributed by atoms with Crippen molar-refractivity contribution < 1.29 is 19.1 Å². The number of oxime groups is 1. The van der Waals surface area contributed by atoms with Gasteiger partial charge in [0.15, 0.2) is 0 Å². The second-order valence-corrected chi connectivity index (χ2v) is 10.6. The van der Waals surface area contributed by atoms with Crippen LogP contribution < -0.4 is 5.32 Å². The maximum atomic E-state index is 14.5. The van der Waals surface area contributed by atoms with E-state index >= 15 is 0 Å². The zero-order chi connectivity index (χ0) is 22.3. The molecule has 6 heteroatoms. The molecule has 2 saturated carbocycles. The summed E-state index contributed by atoms with van der Waals surface area (Å²) in [7, 11) is 0. The van der Waals surface area contributed by atoms with Gasteiger partial charge in [0.25, 0.3) is 0 Å². The molecule has 4 aliphatic rings. The first-order valence-corrected chi connectivity index (χ1v) is 12.4. The molecule has 2 N–H and O–H groups in total. The van der Waals surface area contributed by atoms with E-state index < -0.39 is 0 Å². The Labute approximate surface area is 189 Å². The lowest BCUT2D eigenvalue weighted by molar-refractivity contribution is -0.122. The topological polar surface area (TPSA) is 70.9 Å². The summed E-state index contributed by atoms with van der Waals surface area (Å²) in [6, 6.07) is 5.77. The minimum atomic E-state index is -0.122. The number of benzene rings is 1. The van der Waals surface area contributed by atoms with Gasteiger partial charge in [-0.1, -0.05) is 24.2 Å². The maximum absolute atomic E-state index is 14.5. The Kier molecular flexibility index (Phi) is 5.99. The molecule has 0 bridgehead atoms. The van der Waals surface area contributed by atoms with Crippen LogP contribution in [0.4, 0.5) is 4.39 Å². The molecule has 3 unspecified atom stereocenters. The standard InChI is InChI=1S/C26H35FN2O3/c1-26-12-9-19-18-3-2-4-22(27)20(18)6-7-21(19)25(26)16(15-23(26)29-31)5-8-24(30)28-17-10-13-32-14-11-17/h2-4,16-17,19,21,25,31H,5-15H2,1H3,(H,28,30)/b29-23+/t16-,19?,21?,25?,26-/m1/s1. The van der Waals surface area contributed by atoms with Crippen molar-refractivity contribution in [1.82, 2.24) is 5.32 Å². The van der Waals surface area contributed by atoms with Crippen LogP contribution in [0.1, 0.15) is 75.3 Å². The average molecular weight is 443 g/mol. The van der Waals surface area contributed by atoms with Gasteiger partial charge < -0.3 is 15.3 Å². The average Bonchev–Trinajstić information content (AvgIpc) is 3.10. The Morgan fingerprint density at radius 3 is 2.88 bits per heavy atom. The number of halogens is 1. The summed E-state index contributed by atoms with van der Waals surface area (Å²) in [5.41, 5.74) is 2.87. The van der Waals surface area contributed by atoms with Crippen LogP contribution in [0.25, 0.3) is 0 Å². The quantitative estimate of drug-likeness (QED) is 0.519. The number of rotatable bonds is 4. The third-order valence-electron chi connectivity index (χ3n) is 9.04. The van der Waals surface area contributed by atoms with Crippen molar-refractivity contribution in [2.75, 3.05) is 13.2 Å². The Hall–Kier alpha value is -1.95. The van der Waals surface area contributed by atoms with Crippen molar-refractivity contribution in [1.29, 1.82) is 0 Å². The number of nitrogens with one attached hydrogen (secondary N) is 1. The Balaban J connectivity index is 1.33. The molecule has 1 aliphatic heterocycles. The first-order chi connectivity index (χ1) is 15.5. The van der Waals surface area contributed by atoms with Crippen LogP contribution in [-0.2, 0) is 16.0 Å². The highest BCUT2D eigenvalue weighted by Crippen LogP contribution is 2.62. The van der Waals surface area contributed by atoms with Crippen LogP contribution in [0.2, 0.25) is 0 Å². The van der Waals surface area contributed by atoms with E-state index in [4.69, 9.17) is 4.74 Å². The minimum Gasteiger partial charge on any atom is -0.411 e. The number of amides is 1. The molecule has 1 heterocycles. The smallest absolute Gasteiger partial charge is 0.220 e. The fraction of sp³-hybridized carbons (Fsp3) is 0.692.